The van der Waals surface area contributed by atoms with E-state index in [9.17, 15) is 19.2 Å². The summed E-state index contributed by atoms with van der Waals surface area (Å²) in [5.74, 6) is 0.404. The highest BCUT2D eigenvalue weighted by atomic mass is 28.5. The van der Waals surface area contributed by atoms with Gasteiger partial charge in [0.1, 0.15) is 34.5 Å². The van der Waals surface area contributed by atoms with Crippen molar-refractivity contribution in [3.63, 3.8) is 0 Å². The topological polar surface area (TPSA) is 161 Å². The fourth-order valence-corrected chi connectivity index (χ4v) is 36.8. The second-order valence-corrected chi connectivity index (χ2v) is 55.1. The Balaban J connectivity index is 0.813. The van der Waals surface area contributed by atoms with Gasteiger partial charge < -0.3 is 44.9 Å². The van der Waals surface area contributed by atoms with Gasteiger partial charge in [-0.2, -0.15) is 0 Å². The maximum atomic E-state index is 13.2. The van der Waals surface area contributed by atoms with Gasteiger partial charge in [0.15, 0.2) is 33.3 Å². The van der Waals surface area contributed by atoms with E-state index in [1.807, 2.05) is 6.07 Å². The summed E-state index contributed by atoms with van der Waals surface area (Å²) in [5.41, 5.74) is 2.87. The molecule has 0 aliphatic carbocycles. The number of rotatable bonds is 43. The van der Waals surface area contributed by atoms with Crippen LogP contribution in [-0.4, -0.2) is 87.5 Å². The zero-order valence-electron chi connectivity index (χ0n) is 60.1. The first kappa shape index (κ1) is 78.9. The van der Waals surface area contributed by atoms with Crippen molar-refractivity contribution < 1.29 is 64.1 Å². The molecule has 0 aliphatic rings. The molecule has 0 heterocycles. The number of ether oxygens (including phenoxy) is 6. The van der Waals surface area contributed by atoms with Gasteiger partial charge in [0.05, 0.1) is 35.5 Å². The highest BCUT2D eigenvalue weighted by molar-refractivity contribution is 6.88. The van der Waals surface area contributed by atoms with Crippen LogP contribution >= 0.6 is 0 Å². The van der Waals surface area contributed by atoms with Gasteiger partial charge in [-0.25, -0.2) is 19.2 Å². The Morgan fingerprint density at radius 2 is 0.510 bits per heavy atom. The molecule has 0 aliphatic heterocycles. The van der Waals surface area contributed by atoms with Crippen LogP contribution in [0.4, 0.5) is 0 Å². The largest absolute Gasteiger partial charge is 0.494 e. The molecule has 0 amide bonds. The van der Waals surface area contributed by atoms with Crippen LogP contribution < -0.4 is 28.4 Å². The average molecular weight is 1420 g/mol. The number of hydrogen-bond acceptors (Lipinski definition) is 14. The summed E-state index contributed by atoms with van der Waals surface area (Å²) in [6.45, 7) is 33.0. The third-order valence-corrected chi connectivity index (χ3v) is 34.6. The van der Waals surface area contributed by atoms with E-state index in [1.165, 1.54) is 89.9 Å². The number of benzene rings is 6. The second kappa shape index (κ2) is 38.3. The molecule has 6 aromatic rings. The lowest BCUT2D eigenvalue weighted by Gasteiger charge is -2.38. The smallest absolute Gasteiger partial charge is 0.343 e. The Bertz CT molecular complexity index is 3290. The maximum Gasteiger partial charge on any atom is 0.343 e. The van der Waals surface area contributed by atoms with E-state index in [-0.39, 0.29) is 22.6 Å². The number of hydrogen-bond donors (Lipinski definition) is 0. The lowest BCUT2D eigenvalue weighted by atomic mass is 10.1. The molecule has 0 spiro atoms. The van der Waals surface area contributed by atoms with Crippen molar-refractivity contribution in [1.82, 2.24) is 0 Å². The van der Waals surface area contributed by atoms with Crippen LogP contribution in [-0.2, 0) is 16.5 Å². The molecule has 522 valence electrons. The monoisotopic (exact) mass is 1410 g/mol. The Morgan fingerprint density at radius 3 is 0.802 bits per heavy atom. The first-order valence-electron chi connectivity index (χ1n) is 35.0. The minimum Gasteiger partial charge on any atom is -0.494 e. The van der Waals surface area contributed by atoms with E-state index < -0.39 is 74.3 Å². The molecule has 96 heavy (non-hydrogen) atoms. The zero-order valence-corrected chi connectivity index (χ0v) is 66.1. The van der Waals surface area contributed by atoms with E-state index in [0.717, 1.165) is 48.9 Å². The van der Waals surface area contributed by atoms with E-state index >= 15 is 0 Å². The van der Waals surface area contributed by atoms with Crippen LogP contribution in [0.2, 0.25) is 104 Å². The number of carbonyl (C=O) groups is 4. The van der Waals surface area contributed by atoms with Gasteiger partial charge in [-0.05, 0) is 249 Å². The fourth-order valence-electron chi connectivity index (χ4n) is 11.6. The average Bonchev–Trinajstić information content (AvgIpc) is 1.03. The zero-order chi connectivity index (χ0) is 69.8. The molecule has 0 bridgehead atoms. The van der Waals surface area contributed by atoms with Gasteiger partial charge in [-0.1, -0.05) is 127 Å². The normalized spacial score (nSPS) is 12.3. The summed E-state index contributed by atoms with van der Waals surface area (Å²) in [7, 11) is -10.9. The van der Waals surface area contributed by atoms with Gasteiger partial charge in [-0.3, -0.25) is 0 Å². The second-order valence-electron chi connectivity index (χ2n) is 29.4. The highest BCUT2D eigenvalue weighted by Crippen LogP contribution is 2.31. The number of unbranched alkanes of at least 4 members (excludes halogenated alkanes) is 16. The quantitative estimate of drug-likeness (QED) is 0.0154. The third kappa shape index (κ3) is 31.2. The molecule has 0 unspecified atom stereocenters. The Morgan fingerprint density at radius 1 is 0.260 bits per heavy atom. The summed E-state index contributed by atoms with van der Waals surface area (Å²) in [6.07, 6.45) is 21.5. The molecule has 0 aromatic heterocycles. The van der Waals surface area contributed by atoms with Crippen molar-refractivity contribution >= 4 is 74.3 Å². The summed E-state index contributed by atoms with van der Waals surface area (Å²) < 4.78 is 61.2. The van der Waals surface area contributed by atoms with Crippen molar-refractivity contribution in [2.45, 2.75) is 219 Å². The van der Waals surface area contributed by atoms with Crippen molar-refractivity contribution in [2.24, 2.45) is 0 Å². The predicted molar refractivity (Wildman–Crippen MR) is 402 cm³/mol. The first-order chi connectivity index (χ1) is 45.4. The highest BCUT2D eigenvalue weighted by Gasteiger charge is 2.41. The van der Waals surface area contributed by atoms with Gasteiger partial charge >= 0.3 is 41.0 Å². The maximum absolute atomic E-state index is 13.2. The molecule has 14 nitrogen and oxygen atoms in total. The van der Waals surface area contributed by atoms with E-state index in [2.05, 4.69) is 91.7 Å². The molecular weight excluding hydrogens is 1310 g/mol. The summed E-state index contributed by atoms with van der Waals surface area (Å²) >= 11 is 0. The van der Waals surface area contributed by atoms with Gasteiger partial charge in [0, 0.05) is 0 Å². The summed E-state index contributed by atoms with van der Waals surface area (Å²) in [4.78, 5) is 52.4. The van der Waals surface area contributed by atoms with Crippen molar-refractivity contribution in [2.75, 3.05) is 13.2 Å². The number of esters is 4. The molecule has 0 saturated heterocycles. The van der Waals surface area contributed by atoms with Gasteiger partial charge in [0.25, 0.3) is 0 Å². The third-order valence-electron chi connectivity index (χ3n) is 15.4. The molecule has 0 saturated carbocycles. The fraction of sp³-hybridized carbons (Fsp3) is 0.474. The molecule has 0 fully saturated rings. The van der Waals surface area contributed by atoms with Crippen molar-refractivity contribution in [1.29, 1.82) is 0 Å². The Kier molecular flexibility index (Phi) is 31.5. The van der Waals surface area contributed by atoms with E-state index in [4.69, 9.17) is 44.9 Å². The van der Waals surface area contributed by atoms with Crippen LogP contribution in [0, 0.1) is 0 Å². The Hall–Kier alpha value is -6.06. The van der Waals surface area contributed by atoms with E-state index in [1.54, 1.807) is 140 Å². The molecule has 0 radical (unpaired) electrons. The van der Waals surface area contributed by atoms with Crippen LogP contribution in [0.25, 0.3) is 11.1 Å². The molecule has 20 heteroatoms. The lowest BCUT2D eigenvalue weighted by molar-refractivity contribution is 0.0720. The Labute approximate surface area is 580 Å². The van der Waals surface area contributed by atoms with Crippen molar-refractivity contribution in [3.05, 3.63) is 168 Å². The number of carbonyl (C=O) groups excluding carboxylic acids is 4. The minimum atomic E-state index is -2.14. The van der Waals surface area contributed by atoms with Crippen LogP contribution in [0.5, 0.6) is 34.5 Å². The van der Waals surface area contributed by atoms with Crippen LogP contribution in [0.15, 0.2) is 146 Å². The summed E-state index contributed by atoms with van der Waals surface area (Å²) in [5, 5.41) is 0. The molecular formula is C76H110O14Si6. The standard InChI is InChI=1S/C76H110O14Si6/c1-91(2,3)87-95(13,88-92(4,5)6)58-31-27-23-19-15-17-21-25-29-56-81-67-46-38-62(39-47-67)73(77)84-70-52-42-64(43-53-70)75(79)83-69-50-36-61(37-51-69)66-34-33-35-72(60-66)86-76(80)65-44-54-71(55-45-65)85-74(78)63-40-48-68(49-41-63)82-57-30-26-22-18-16-20-24-28-32-59-96(14,89-93(7,8)9)90-94(10,11)12/h33-55,60H,15-32,56-59H2,1-14H3. The summed E-state index contributed by atoms with van der Waals surface area (Å²) in [6, 6.07) is 42.4. The molecule has 0 N–H and O–H groups in total. The lowest BCUT2D eigenvalue weighted by Crippen LogP contribution is -2.52. The molecule has 6 aromatic carbocycles. The van der Waals surface area contributed by atoms with Crippen LogP contribution in [0.1, 0.15) is 157 Å². The predicted octanol–water partition coefficient (Wildman–Crippen LogP) is 21.6. The van der Waals surface area contributed by atoms with E-state index in [0.29, 0.717) is 47.3 Å². The van der Waals surface area contributed by atoms with Crippen molar-refractivity contribution in [3.8, 4) is 45.6 Å². The molecule has 0 atom stereocenters. The molecule has 6 rings (SSSR count). The SMILES string of the molecule is C[Si](C)(C)O[Si](C)(CCCCCCCCCCCOc1ccc(C(=O)Oc2ccc(C(=O)Oc3ccc(-c4cccc(OC(=O)c5ccc(OC(=O)c6ccc(OCCCCCCCCCCC[Si](C)(O[Si](C)(C)C)O[Si](C)(C)C)cc6)cc5)c4)cc3)cc2)cc1)O[Si](C)(C)C. The van der Waals surface area contributed by atoms with Gasteiger partial charge in [0.2, 0.25) is 0 Å². The minimum absolute atomic E-state index is 0.274. The van der Waals surface area contributed by atoms with Crippen LogP contribution in [0.3, 0.4) is 0 Å². The first-order valence-corrected chi connectivity index (χ1v) is 53.6. The van der Waals surface area contributed by atoms with Gasteiger partial charge in [-0.15, -0.1) is 0 Å².